The lowest BCUT2D eigenvalue weighted by Gasteiger charge is -2.43. The van der Waals surface area contributed by atoms with Gasteiger partial charge in [-0.3, -0.25) is 9.59 Å². The third-order valence-electron chi connectivity index (χ3n) is 5.99. The van der Waals surface area contributed by atoms with Crippen LogP contribution in [0.15, 0.2) is 24.5 Å². The van der Waals surface area contributed by atoms with Crippen LogP contribution in [0.5, 0.6) is 0 Å². The molecule has 0 radical (unpaired) electrons. The van der Waals surface area contributed by atoms with Crippen molar-refractivity contribution in [3.8, 4) is 0 Å². The first kappa shape index (κ1) is 18.0. The van der Waals surface area contributed by atoms with Crippen LogP contribution in [0.1, 0.15) is 29.4 Å². The Kier molecular flexibility index (Phi) is 4.63. The molecule has 2 unspecified atom stereocenters. The number of aromatic nitrogens is 2. The number of rotatable bonds is 4. The second-order valence-corrected chi connectivity index (χ2v) is 8.06. The van der Waals surface area contributed by atoms with Crippen molar-refractivity contribution in [2.45, 2.75) is 26.3 Å². The van der Waals surface area contributed by atoms with Crippen molar-refractivity contribution in [1.29, 1.82) is 0 Å². The highest BCUT2D eigenvalue weighted by atomic mass is 16.2. The van der Waals surface area contributed by atoms with Gasteiger partial charge in [-0.05, 0) is 46.0 Å². The van der Waals surface area contributed by atoms with Gasteiger partial charge in [0.1, 0.15) is 5.65 Å². The van der Waals surface area contributed by atoms with Gasteiger partial charge in [-0.2, -0.15) is 0 Å². The van der Waals surface area contributed by atoms with Crippen LogP contribution >= 0.6 is 0 Å². The lowest BCUT2D eigenvalue weighted by Crippen LogP contribution is -2.58. The van der Waals surface area contributed by atoms with E-state index in [0.717, 1.165) is 43.9 Å². The minimum absolute atomic E-state index is 0.0329. The zero-order valence-corrected chi connectivity index (χ0v) is 16.2. The molecule has 2 saturated heterocycles. The van der Waals surface area contributed by atoms with Gasteiger partial charge < -0.3 is 19.5 Å². The highest BCUT2D eigenvalue weighted by Crippen LogP contribution is 2.25. The second-order valence-electron chi connectivity index (χ2n) is 8.06. The highest BCUT2D eigenvalue weighted by Gasteiger charge is 2.39. The van der Waals surface area contributed by atoms with Crippen LogP contribution in [0, 0.1) is 18.8 Å². The third-order valence-corrected chi connectivity index (χ3v) is 5.99. The maximum Gasteiger partial charge on any atom is 0.251 e. The number of aryl methyl sites for hydroxylation is 1. The molecule has 2 aliphatic rings. The van der Waals surface area contributed by atoms with E-state index >= 15 is 0 Å². The molecule has 4 heterocycles. The highest BCUT2D eigenvalue weighted by molar-refractivity contribution is 5.95. The zero-order valence-electron chi connectivity index (χ0n) is 16.2. The van der Waals surface area contributed by atoms with E-state index in [4.69, 9.17) is 0 Å². The standard InChI is InChI=1S/C20H27N5O2/c1-13-9-21-18-8-15(5-7-25(13)18)19(26)22-14(2)17-11-24(12-17)20(27)16-4-6-23(3)10-16/h5,7-9,14,16-17H,4,6,10-12H2,1-3H3,(H,22,26). The summed E-state index contributed by atoms with van der Waals surface area (Å²) in [5.74, 6) is 0.641. The van der Waals surface area contributed by atoms with E-state index in [1.165, 1.54) is 0 Å². The molecule has 0 saturated carbocycles. The maximum atomic E-state index is 12.6. The first-order chi connectivity index (χ1) is 12.9. The van der Waals surface area contributed by atoms with Crippen LogP contribution in [-0.2, 0) is 4.79 Å². The Morgan fingerprint density at radius 1 is 1.30 bits per heavy atom. The van der Waals surface area contributed by atoms with Crippen LogP contribution in [0.2, 0.25) is 0 Å². The Bertz CT molecular complexity index is 870. The monoisotopic (exact) mass is 369 g/mol. The van der Waals surface area contributed by atoms with Gasteiger partial charge in [0.2, 0.25) is 5.91 Å². The van der Waals surface area contributed by atoms with Crippen LogP contribution in [0.4, 0.5) is 0 Å². The van der Waals surface area contributed by atoms with Crippen LogP contribution in [-0.4, -0.2) is 70.3 Å². The number of hydrogen-bond acceptors (Lipinski definition) is 4. The zero-order chi connectivity index (χ0) is 19.1. The molecule has 2 aromatic heterocycles. The minimum Gasteiger partial charge on any atom is -0.349 e. The number of imidazole rings is 1. The summed E-state index contributed by atoms with van der Waals surface area (Å²) in [5.41, 5.74) is 2.42. The normalized spacial score (nSPS) is 22.0. The van der Waals surface area contributed by atoms with E-state index in [2.05, 4.69) is 22.2 Å². The molecule has 0 spiro atoms. The molecule has 2 fully saturated rings. The van der Waals surface area contributed by atoms with E-state index in [1.807, 2.05) is 41.5 Å². The van der Waals surface area contributed by atoms with Crippen LogP contribution < -0.4 is 5.32 Å². The molecular formula is C20H27N5O2. The topological polar surface area (TPSA) is 70.0 Å². The van der Waals surface area contributed by atoms with Gasteiger partial charge in [0.15, 0.2) is 0 Å². The number of pyridine rings is 1. The third kappa shape index (κ3) is 3.43. The molecule has 2 amide bonds. The fourth-order valence-electron chi connectivity index (χ4n) is 4.06. The van der Waals surface area contributed by atoms with Gasteiger partial charge in [0.05, 0.1) is 5.92 Å². The van der Waals surface area contributed by atoms with Crippen molar-refractivity contribution < 1.29 is 9.59 Å². The Balaban J connectivity index is 1.31. The van der Waals surface area contributed by atoms with Crippen molar-refractivity contribution in [1.82, 2.24) is 24.5 Å². The summed E-state index contributed by atoms with van der Waals surface area (Å²) in [6.07, 6.45) is 4.62. The summed E-state index contributed by atoms with van der Waals surface area (Å²) >= 11 is 0. The Morgan fingerprint density at radius 2 is 2.07 bits per heavy atom. The van der Waals surface area contributed by atoms with Crippen LogP contribution in [0.25, 0.3) is 5.65 Å². The number of nitrogens with zero attached hydrogens (tertiary/aromatic N) is 4. The van der Waals surface area contributed by atoms with E-state index in [0.29, 0.717) is 11.5 Å². The van der Waals surface area contributed by atoms with Crippen molar-refractivity contribution in [3.63, 3.8) is 0 Å². The van der Waals surface area contributed by atoms with Crippen molar-refractivity contribution in [2.24, 2.45) is 11.8 Å². The van der Waals surface area contributed by atoms with Gasteiger partial charge in [-0.25, -0.2) is 4.98 Å². The molecule has 0 aromatic carbocycles. The SMILES string of the molecule is Cc1cnc2cc(C(=O)NC(C)C3CN(C(=O)C4CCN(C)C4)C3)ccn12. The summed E-state index contributed by atoms with van der Waals surface area (Å²) < 4.78 is 1.95. The van der Waals surface area contributed by atoms with Crippen molar-refractivity contribution >= 4 is 17.5 Å². The maximum absolute atomic E-state index is 12.6. The van der Waals surface area contributed by atoms with Gasteiger partial charge in [-0.1, -0.05) is 0 Å². The van der Waals surface area contributed by atoms with Crippen molar-refractivity contribution in [3.05, 3.63) is 35.8 Å². The number of hydrogen-bond donors (Lipinski definition) is 1. The van der Waals surface area contributed by atoms with Gasteiger partial charge in [-0.15, -0.1) is 0 Å². The smallest absolute Gasteiger partial charge is 0.251 e. The molecule has 7 heteroatoms. The van der Waals surface area contributed by atoms with E-state index < -0.39 is 0 Å². The molecule has 0 aliphatic carbocycles. The van der Waals surface area contributed by atoms with E-state index in [-0.39, 0.29) is 23.8 Å². The number of likely N-dealkylation sites (tertiary alicyclic amines) is 2. The fraction of sp³-hybridized carbons (Fsp3) is 0.550. The molecule has 2 aromatic rings. The fourth-order valence-corrected chi connectivity index (χ4v) is 4.06. The molecule has 7 nitrogen and oxygen atoms in total. The predicted molar refractivity (Wildman–Crippen MR) is 103 cm³/mol. The number of carbonyl (C=O) groups excluding carboxylic acids is 2. The van der Waals surface area contributed by atoms with Gasteiger partial charge >= 0.3 is 0 Å². The first-order valence-corrected chi connectivity index (χ1v) is 9.64. The Labute approximate surface area is 159 Å². The van der Waals surface area contributed by atoms with Crippen molar-refractivity contribution in [2.75, 3.05) is 33.2 Å². The number of nitrogens with one attached hydrogen (secondary N) is 1. The quantitative estimate of drug-likeness (QED) is 0.878. The second kappa shape index (κ2) is 6.96. The molecule has 144 valence electrons. The number of carbonyl (C=O) groups is 2. The molecule has 4 rings (SSSR count). The van der Waals surface area contributed by atoms with Gasteiger partial charge in [0.25, 0.3) is 5.91 Å². The average molecular weight is 369 g/mol. The first-order valence-electron chi connectivity index (χ1n) is 9.64. The molecule has 27 heavy (non-hydrogen) atoms. The largest absolute Gasteiger partial charge is 0.349 e. The summed E-state index contributed by atoms with van der Waals surface area (Å²) in [6, 6.07) is 3.66. The Morgan fingerprint density at radius 3 is 2.78 bits per heavy atom. The number of amides is 2. The summed E-state index contributed by atoms with van der Waals surface area (Å²) in [6.45, 7) is 7.33. The molecular weight excluding hydrogens is 342 g/mol. The lowest BCUT2D eigenvalue weighted by atomic mass is 9.90. The molecule has 2 aliphatic heterocycles. The minimum atomic E-state index is -0.0900. The predicted octanol–water partition coefficient (Wildman–Crippen LogP) is 1.17. The average Bonchev–Trinajstić information content (AvgIpc) is 3.19. The van der Waals surface area contributed by atoms with E-state index in [9.17, 15) is 9.59 Å². The summed E-state index contributed by atoms with van der Waals surface area (Å²) in [4.78, 5) is 33.6. The summed E-state index contributed by atoms with van der Waals surface area (Å²) in [5, 5.41) is 3.08. The number of fused-ring (bicyclic) bond motifs is 1. The summed E-state index contributed by atoms with van der Waals surface area (Å²) in [7, 11) is 2.06. The van der Waals surface area contributed by atoms with Gasteiger partial charge in [0, 0.05) is 55.2 Å². The Hall–Kier alpha value is -2.41. The molecule has 2 atom stereocenters. The van der Waals surface area contributed by atoms with E-state index in [1.54, 1.807) is 6.20 Å². The molecule has 1 N–H and O–H groups in total. The molecule has 0 bridgehead atoms. The van der Waals surface area contributed by atoms with Crippen LogP contribution in [0.3, 0.4) is 0 Å². The lowest BCUT2D eigenvalue weighted by molar-refractivity contribution is -0.142.